The summed E-state index contributed by atoms with van der Waals surface area (Å²) in [6, 6.07) is 7.77. The minimum absolute atomic E-state index is 0.153. The van der Waals surface area contributed by atoms with E-state index in [4.69, 9.17) is 14.9 Å². The van der Waals surface area contributed by atoms with Crippen molar-refractivity contribution in [3.8, 4) is 0 Å². The number of pyridine rings is 1. The first-order valence-corrected chi connectivity index (χ1v) is 9.02. The Balaban J connectivity index is 2.22. The van der Waals surface area contributed by atoms with Crippen LogP contribution in [0.15, 0.2) is 39.9 Å². The fourth-order valence-electron chi connectivity index (χ4n) is 2.65. The SMILES string of the molecule is COC(=N)[C@H](N=C(CCc1ccc(Br)c2cccnc12)OC)C(C)C. The third kappa shape index (κ3) is 4.78. The highest BCUT2D eigenvalue weighted by molar-refractivity contribution is 9.10. The van der Waals surface area contributed by atoms with Gasteiger partial charge in [0.15, 0.2) is 5.90 Å². The van der Waals surface area contributed by atoms with Crippen molar-refractivity contribution in [2.45, 2.75) is 32.7 Å². The monoisotopic (exact) mass is 405 g/mol. The van der Waals surface area contributed by atoms with Gasteiger partial charge < -0.3 is 9.47 Å². The van der Waals surface area contributed by atoms with Gasteiger partial charge in [-0.2, -0.15) is 0 Å². The van der Waals surface area contributed by atoms with Crippen molar-refractivity contribution < 1.29 is 9.47 Å². The largest absolute Gasteiger partial charge is 0.484 e. The topological polar surface area (TPSA) is 67.6 Å². The van der Waals surface area contributed by atoms with Crippen molar-refractivity contribution in [1.82, 2.24) is 4.98 Å². The summed E-state index contributed by atoms with van der Waals surface area (Å²) in [5.41, 5.74) is 2.13. The van der Waals surface area contributed by atoms with Gasteiger partial charge in [-0.05, 0) is 30.0 Å². The Hall–Kier alpha value is -1.95. The lowest BCUT2D eigenvalue weighted by Crippen LogP contribution is -2.27. The third-order valence-electron chi connectivity index (χ3n) is 4.05. The average molecular weight is 406 g/mol. The van der Waals surface area contributed by atoms with E-state index in [1.807, 2.05) is 26.0 Å². The summed E-state index contributed by atoms with van der Waals surface area (Å²) in [6.07, 6.45) is 3.21. The van der Waals surface area contributed by atoms with Gasteiger partial charge in [0.2, 0.25) is 5.90 Å². The highest BCUT2D eigenvalue weighted by Crippen LogP contribution is 2.26. The molecule has 0 saturated carbocycles. The van der Waals surface area contributed by atoms with E-state index in [1.54, 1.807) is 13.3 Å². The van der Waals surface area contributed by atoms with Gasteiger partial charge in [-0.3, -0.25) is 10.4 Å². The second kappa shape index (κ2) is 8.94. The number of ether oxygens (including phenoxy) is 2. The first-order chi connectivity index (χ1) is 12.0. The number of nitrogens with zero attached hydrogens (tertiary/aromatic N) is 2. The predicted octanol–water partition coefficient (Wildman–Crippen LogP) is 4.62. The zero-order chi connectivity index (χ0) is 18.4. The molecule has 134 valence electrons. The fraction of sp³-hybridized carbons (Fsp3) is 0.421. The lowest BCUT2D eigenvalue weighted by Gasteiger charge is -2.18. The quantitative estimate of drug-likeness (QED) is 0.562. The van der Waals surface area contributed by atoms with Crippen LogP contribution in [0.3, 0.4) is 0 Å². The number of nitrogens with one attached hydrogen (secondary N) is 1. The molecule has 0 spiro atoms. The third-order valence-corrected chi connectivity index (χ3v) is 4.74. The molecule has 5 nitrogen and oxygen atoms in total. The molecular formula is C19H24BrN3O2. The Bertz CT molecular complexity index is 774. The van der Waals surface area contributed by atoms with Gasteiger partial charge in [-0.25, -0.2) is 4.99 Å². The van der Waals surface area contributed by atoms with Crippen molar-refractivity contribution in [2.24, 2.45) is 10.9 Å². The first kappa shape index (κ1) is 19.4. The summed E-state index contributed by atoms with van der Waals surface area (Å²) < 4.78 is 11.5. The molecule has 25 heavy (non-hydrogen) atoms. The van der Waals surface area contributed by atoms with Crippen LogP contribution in [-0.2, 0) is 15.9 Å². The first-order valence-electron chi connectivity index (χ1n) is 8.23. The van der Waals surface area contributed by atoms with Crippen LogP contribution in [0.1, 0.15) is 25.8 Å². The molecule has 2 aromatic rings. The molecule has 1 aromatic heterocycles. The minimum Gasteiger partial charge on any atom is -0.484 e. The number of fused-ring (bicyclic) bond motifs is 1. The van der Waals surface area contributed by atoms with Crippen LogP contribution in [0.25, 0.3) is 10.9 Å². The summed E-state index contributed by atoms with van der Waals surface area (Å²) in [4.78, 5) is 9.10. The van der Waals surface area contributed by atoms with Crippen LogP contribution < -0.4 is 0 Å². The molecule has 2 rings (SSSR count). The molecule has 0 amide bonds. The second-order valence-corrected chi connectivity index (χ2v) is 6.94. The van der Waals surface area contributed by atoms with E-state index in [0.29, 0.717) is 12.3 Å². The van der Waals surface area contributed by atoms with E-state index in [9.17, 15) is 0 Å². The Morgan fingerprint density at radius 3 is 2.64 bits per heavy atom. The number of rotatable bonds is 6. The molecule has 1 N–H and O–H groups in total. The van der Waals surface area contributed by atoms with Crippen LogP contribution in [-0.4, -0.2) is 37.0 Å². The van der Waals surface area contributed by atoms with Crippen molar-refractivity contribution >= 4 is 38.6 Å². The van der Waals surface area contributed by atoms with Crippen molar-refractivity contribution in [2.75, 3.05) is 14.2 Å². The molecule has 0 saturated heterocycles. The highest BCUT2D eigenvalue weighted by atomic mass is 79.9. The number of methoxy groups -OCH3 is 2. The van der Waals surface area contributed by atoms with Crippen LogP contribution in [0.5, 0.6) is 0 Å². The van der Waals surface area contributed by atoms with Gasteiger partial charge in [-0.1, -0.05) is 41.9 Å². The molecule has 0 fully saturated rings. The smallest absolute Gasteiger partial charge is 0.206 e. The Morgan fingerprint density at radius 2 is 2.00 bits per heavy atom. The van der Waals surface area contributed by atoms with E-state index >= 15 is 0 Å². The standard InChI is InChI=1S/C19H24BrN3O2/c1-12(2)17(19(21)25-4)23-16(24-3)10-8-13-7-9-15(20)14-6-5-11-22-18(13)14/h5-7,9,11-12,17,21H,8,10H2,1-4H3/t17-/m1/s1. The van der Waals surface area contributed by atoms with Crippen molar-refractivity contribution in [3.63, 3.8) is 0 Å². The van der Waals surface area contributed by atoms with Crippen LogP contribution in [0, 0.1) is 11.3 Å². The summed E-state index contributed by atoms with van der Waals surface area (Å²) >= 11 is 3.57. The van der Waals surface area contributed by atoms with E-state index in [1.165, 1.54) is 7.11 Å². The van der Waals surface area contributed by atoms with E-state index in [-0.39, 0.29) is 17.9 Å². The van der Waals surface area contributed by atoms with Gasteiger partial charge in [0.05, 0.1) is 19.7 Å². The average Bonchev–Trinajstić information content (AvgIpc) is 2.62. The second-order valence-electron chi connectivity index (χ2n) is 6.09. The number of hydrogen-bond acceptors (Lipinski definition) is 5. The molecule has 0 unspecified atom stereocenters. The maximum absolute atomic E-state index is 7.92. The lowest BCUT2D eigenvalue weighted by molar-refractivity contribution is 0.350. The van der Waals surface area contributed by atoms with Gasteiger partial charge in [0, 0.05) is 22.5 Å². The van der Waals surface area contributed by atoms with Crippen LogP contribution in [0.4, 0.5) is 0 Å². The Kier molecular flexibility index (Phi) is 6.93. The number of benzene rings is 1. The Labute approximate surface area is 157 Å². The fourth-order valence-corrected chi connectivity index (χ4v) is 3.10. The summed E-state index contributed by atoms with van der Waals surface area (Å²) in [5.74, 6) is 0.931. The molecule has 1 atom stereocenters. The molecule has 0 radical (unpaired) electrons. The lowest BCUT2D eigenvalue weighted by atomic mass is 10.0. The Morgan fingerprint density at radius 1 is 1.24 bits per heavy atom. The van der Waals surface area contributed by atoms with Crippen molar-refractivity contribution in [1.29, 1.82) is 5.41 Å². The van der Waals surface area contributed by atoms with E-state index in [2.05, 4.69) is 38.0 Å². The zero-order valence-corrected chi connectivity index (χ0v) is 16.6. The summed E-state index contributed by atoms with van der Waals surface area (Å²) in [5, 5.41) is 9.02. The predicted molar refractivity (Wildman–Crippen MR) is 106 cm³/mol. The van der Waals surface area contributed by atoms with Crippen LogP contribution in [0.2, 0.25) is 0 Å². The van der Waals surface area contributed by atoms with Gasteiger partial charge >= 0.3 is 0 Å². The van der Waals surface area contributed by atoms with E-state index < -0.39 is 0 Å². The number of aliphatic imine (C=N–C) groups is 1. The number of halogens is 1. The minimum atomic E-state index is -0.334. The molecule has 6 heteroatoms. The molecule has 0 aliphatic heterocycles. The molecule has 0 bridgehead atoms. The van der Waals surface area contributed by atoms with Gasteiger partial charge in [0.1, 0.15) is 6.04 Å². The molecule has 0 aliphatic carbocycles. The molecule has 1 aromatic carbocycles. The van der Waals surface area contributed by atoms with Gasteiger partial charge in [-0.15, -0.1) is 0 Å². The summed E-state index contributed by atoms with van der Waals surface area (Å²) in [6.45, 7) is 4.03. The zero-order valence-electron chi connectivity index (χ0n) is 15.0. The van der Waals surface area contributed by atoms with Gasteiger partial charge in [0.25, 0.3) is 0 Å². The maximum atomic E-state index is 7.92. The van der Waals surface area contributed by atoms with Crippen molar-refractivity contribution in [3.05, 3.63) is 40.5 Å². The normalized spacial score (nSPS) is 13.1. The molecular weight excluding hydrogens is 382 g/mol. The molecule has 0 aliphatic rings. The highest BCUT2D eigenvalue weighted by Gasteiger charge is 2.20. The summed E-state index contributed by atoms with van der Waals surface area (Å²) in [7, 11) is 3.12. The van der Waals surface area contributed by atoms with Crippen LogP contribution >= 0.6 is 15.9 Å². The van der Waals surface area contributed by atoms with E-state index in [0.717, 1.165) is 27.4 Å². The molecule has 1 heterocycles. The number of hydrogen-bond donors (Lipinski definition) is 1. The number of aromatic nitrogens is 1. The number of aryl methyl sites for hydroxylation is 1. The maximum Gasteiger partial charge on any atom is 0.206 e.